The van der Waals surface area contributed by atoms with Gasteiger partial charge in [0.15, 0.2) is 5.82 Å². The Labute approximate surface area is 216 Å². The summed E-state index contributed by atoms with van der Waals surface area (Å²) in [6, 6.07) is 8.34. The number of hydrogen-bond donors (Lipinski definition) is 0. The van der Waals surface area contributed by atoms with Crippen LogP contribution in [0.4, 0.5) is 10.6 Å². The van der Waals surface area contributed by atoms with Crippen molar-refractivity contribution in [3.63, 3.8) is 0 Å². The van der Waals surface area contributed by atoms with Gasteiger partial charge in [-0.3, -0.25) is 0 Å². The molecule has 37 heavy (non-hydrogen) atoms. The molecule has 0 aromatic carbocycles. The van der Waals surface area contributed by atoms with Gasteiger partial charge in [0.1, 0.15) is 17.0 Å². The lowest BCUT2D eigenvalue weighted by Gasteiger charge is -2.42. The van der Waals surface area contributed by atoms with Crippen LogP contribution in [-0.2, 0) is 11.8 Å². The highest BCUT2D eigenvalue weighted by Crippen LogP contribution is 2.39. The molecular formula is C26H34N8O3. The van der Waals surface area contributed by atoms with Gasteiger partial charge in [-0.1, -0.05) is 0 Å². The predicted molar refractivity (Wildman–Crippen MR) is 138 cm³/mol. The molecule has 2 aliphatic heterocycles. The minimum Gasteiger partial charge on any atom is -0.480 e. The third kappa shape index (κ3) is 5.07. The number of carbonyl (C=O) groups excluding carboxylic acids is 1. The van der Waals surface area contributed by atoms with Gasteiger partial charge in [-0.15, -0.1) is 10.2 Å². The van der Waals surface area contributed by atoms with Crippen LogP contribution in [0, 0.1) is 0 Å². The fourth-order valence-electron chi connectivity index (χ4n) is 5.32. The Hall–Kier alpha value is -3.76. The van der Waals surface area contributed by atoms with Gasteiger partial charge in [-0.05, 0) is 70.7 Å². The van der Waals surface area contributed by atoms with Crippen LogP contribution in [0.1, 0.15) is 46.5 Å². The van der Waals surface area contributed by atoms with Crippen LogP contribution >= 0.6 is 0 Å². The first-order valence-electron chi connectivity index (χ1n) is 12.6. The molecule has 11 heteroatoms. The van der Waals surface area contributed by atoms with E-state index in [-0.39, 0.29) is 24.2 Å². The van der Waals surface area contributed by atoms with Gasteiger partial charge in [-0.25, -0.2) is 9.78 Å². The lowest BCUT2D eigenvalue weighted by Crippen LogP contribution is -2.53. The van der Waals surface area contributed by atoms with Crippen LogP contribution in [0.15, 0.2) is 30.5 Å². The number of piperidine rings is 1. The standard InChI is InChI=1S/C26H34N8O3/c1-26(2,3)37-25(35)34-16-7-8-17(34)14-18(13-16)32(4)23-12-11-21(29-30-23)20-10-9-19(24(28-20)36-6)22-15-27-33(5)31-22/h9-12,15-18H,7-8,13-14H2,1-6H3. The van der Waals surface area contributed by atoms with E-state index in [1.165, 1.54) is 4.80 Å². The van der Waals surface area contributed by atoms with Crippen LogP contribution in [0.25, 0.3) is 22.6 Å². The maximum Gasteiger partial charge on any atom is 0.410 e. The van der Waals surface area contributed by atoms with E-state index < -0.39 is 5.60 Å². The summed E-state index contributed by atoms with van der Waals surface area (Å²) in [5, 5.41) is 17.4. The molecule has 0 aliphatic carbocycles. The van der Waals surface area contributed by atoms with Gasteiger partial charge < -0.3 is 19.3 Å². The zero-order valence-corrected chi connectivity index (χ0v) is 22.2. The number of fused-ring (bicyclic) bond motifs is 2. The normalized spacial score (nSPS) is 21.1. The first-order chi connectivity index (χ1) is 17.6. The van der Waals surface area contributed by atoms with E-state index in [1.54, 1.807) is 20.4 Å². The molecule has 5 heterocycles. The smallest absolute Gasteiger partial charge is 0.410 e. The van der Waals surface area contributed by atoms with Crippen LogP contribution in [-0.4, -0.2) is 79.1 Å². The van der Waals surface area contributed by atoms with Crippen LogP contribution in [0.3, 0.4) is 0 Å². The third-order valence-electron chi connectivity index (χ3n) is 7.06. The molecule has 1 amide bonds. The molecule has 3 aromatic heterocycles. The Morgan fingerprint density at radius 1 is 1.03 bits per heavy atom. The van der Waals surface area contributed by atoms with Crippen molar-refractivity contribution in [2.75, 3.05) is 19.1 Å². The highest BCUT2D eigenvalue weighted by molar-refractivity contribution is 5.70. The number of carbonyl (C=O) groups is 1. The van der Waals surface area contributed by atoms with E-state index in [9.17, 15) is 4.79 Å². The maximum absolute atomic E-state index is 12.8. The number of hydrogen-bond acceptors (Lipinski definition) is 9. The Morgan fingerprint density at radius 2 is 1.73 bits per heavy atom. The summed E-state index contributed by atoms with van der Waals surface area (Å²) < 4.78 is 11.2. The molecule has 2 bridgehead atoms. The molecular weight excluding hydrogens is 472 g/mol. The average Bonchev–Trinajstić information content (AvgIpc) is 3.42. The number of pyridine rings is 1. The molecule has 3 aromatic rings. The summed E-state index contributed by atoms with van der Waals surface area (Å²) in [7, 11) is 5.39. The van der Waals surface area contributed by atoms with Crippen molar-refractivity contribution in [1.82, 2.24) is 35.1 Å². The third-order valence-corrected chi connectivity index (χ3v) is 7.06. The van der Waals surface area contributed by atoms with E-state index in [1.807, 2.05) is 57.0 Å². The zero-order chi connectivity index (χ0) is 26.3. The van der Waals surface area contributed by atoms with Crippen LogP contribution < -0.4 is 9.64 Å². The molecule has 2 fully saturated rings. The van der Waals surface area contributed by atoms with E-state index >= 15 is 0 Å². The number of rotatable bonds is 5. The van der Waals surface area contributed by atoms with Crippen molar-refractivity contribution in [2.24, 2.45) is 7.05 Å². The minimum absolute atomic E-state index is 0.192. The molecule has 196 valence electrons. The second kappa shape index (κ2) is 9.60. The molecule has 0 radical (unpaired) electrons. The summed E-state index contributed by atoms with van der Waals surface area (Å²) in [4.78, 5) is 23.1. The Kier molecular flexibility index (Phi) is 6.47. The monoisotopic (exact) mass is 506 g/mol. The van der Waals surface area contributed by atoms with E-state index in [2.05, 4.69) is 30.3 Å². The molecule has 2 saturated heterocycles. The topological polar surface area (TPSA) is 111 Å². The van der Waals surface area contributed by atoms with Crippen molar-refractivity contribution < 1.29 is 14.3 Å². The minimum atomic E-state index is -0.490. The summed E-state index contributed by atoms with van der Waals surface area (Å²) in [5.74, 6) is 1.25. The number of amides is 1. The molecule has 2 aliphatic rings. The highest BCUT2D eigenvalue weighted by atomic mass is 16.6. The van der Waals surface area contributed by atoms with Gasteiger partial charge in [0.25, 0.3) is 0 Å². The predicted octanol–water partition coefficient (Wildman–Crippen LogP) is 3.71. The van der Waals surface area contributed by atoms with Gasteiger partial charge >= 0.3 is 6.09 Å². The molecule has 0 spiro atoms. The second-order valence-corrected chi connectivity index (χ2v) is 10.8. The van der Waals surface area contributed by atoms with Gasteiger partial charge in [0.2, 0.25) is 5.88 Å². The van der Waals surface area contributed by atoms with Gasteiger partial charge in [0.05, 0.1) is 24.6 Å². The second-order valence-electron chi connectivity index (χ2n) is 10.8. The van der Waals surface area contributed by atoms with E-state index in [0.717, 1.165) is 37.1 Å². The van der Waals surface area contributed by atoms with Crippen molar-refractivity contribution in [1.29, 1.82) is 0 Å². The Balaban J connectivity index is 1.28. The first kappa shape index (κ1) is 24.9. The summed E-state index contributed by atoms with van der Waals surface area (Å²) in [6.45, 7) is 5.73. The van der Waals surface area contributed by atoms with E-state index in [4.69, 9.17) is 9.47 Å². The van der Waals surface area contributed by atoms with Crippen molar-refractivity contribution in [3.05, 3.63) is 30.5 Å². The van der Waals surface area contributed by atoms with Gasteiger partial charge in [-0.2, -0.15) is 15.0 Å². The first-order valence-corrected chi connectivity index (χ1v) is 12.6. The quantitative estimate of drug-likeness (QED) is 0.511. The number of ether oxygens (including phenoxy) is 2. The number of aryl methyl sites for hydroxylation is 1. The number of anilines is 1. The number of nitrogens with zero attached hydrogens (tertiary/aromatic N) is 8. The zero-order valence-electron chi connectivity index (χ0n) is 22.2. The van der Waals surface area contributed by atoms with Gasteiger partial charge in [0, 0.05) is 32.2 Å². The van der Waals surface area contributed by atoms with E-state index in [0.29, 0.717) is 23.0 Å². The van der Waals surface area contributed by atoms with Crippen LogP contribution in [0.5, 0.6) is 5.88 Å². The summed E-state index contributed by atoms with van der Waals surface area (Å²) in [5.41, 5.74) is 2.27. The maximum atomic E-state index is 12.8. The van der Waals surface area contributed by atoms with Crippen molar-refractivity contribution >= 4 is 11.9 Å². The fourth-order valence-corrected chi connectivity index (χ4v) is 5.32. The lowest BCUT2D eigenvalue weighted by molar-refractivity contribution is 0.00597. The Bertz CT molecular complexity index is 1260. The highest BCUT2D eigenvalue weighted by Gasteiger charge is 2.46. The lowest BCUT2D eigenvalue weighted by atomic mass is 9.96. The SMILES string of the molecule is COc1nc(-c2ccc(N(C)C3CC4CCC(C3)N4C(=O)OC(C)(C)C)nn2)ccc1-c1cnn(C)n1. The Morgan fingerprint density at radius 3 is 2.30 bits per heavy atom. The molecule has 0 N–H and O–H groups in total. The average molecular weight is 507 g/mol. The molecule has 11 nitrogen and oxygen atoms in total. The fraction of sp³-hybridized carbons (Fsp3) is 0.538. The van der Waals surface area contributed by atoms with Crippen molar-refractivity contribution in [3.8, 4) is 28.5 Å². The molecule has 5 rings (SSSR count). The largest absolute Gasteiger partial charge is 0.480 e. The number of aromatic nitrogens is 6. The molecule has 2 atom stereocenters. The summed E-state index contributed by atoms with van der Waals surface area (Å²) in [6.07, 6.45) is 5.27. The number of methoxy groups -OCH3 is 1. The molecule has 2 unspecified atom stereocenters. The molecule has 0 saturated carbocycles. The summed E-state index contributed by atoms with van der Waals surface area (Å²) >= 11 is 0. The van der Waals surface area contributed by atoms with Crippen molar-refractivity contribution in [2.45, 2.75) is 70.2 Å². The van der Waals surface area contributed by atoms with Crippen LogP contribution in [0.2, 0.25) is 0 Å².